The Kier molecular flexibility index (Phi) is 3.31. The van der Waals surface area contributed by atoms with Gasteiger partial charge in [-0.25, -0.2) is 4.79 Å². The van der Waals surface area contributed by atoms with Crippen molar-refractivity contribution in [3.05, 3.63) is 23.0 Å². The van der Waals surface area contributed by atoms with Crippen molar-refractivity contribution < 1.29 is 9.90 Å². The van der Waals surface area contributed by atoms with E-state index in [-0.39, 0.29) is 6.04 Å². The highest BCUT2D eigenvalue weighted by molar-refractivity contribution is 6.30. The van der Waals surface area contributed by atoms with E-state index in [1.165, 1.54) is 19.3 Å². The first-order valence-electron chi connectivity index (χ1n) is 6.89. The lowest BCUT2D eigenvalue weighted by Gasteiger charge is -2.47. The molecule has 2 fully saturated rings. The SMILES string of the molecule is CN1C2CCCC1CC(n1cc(Cl)cc1C(=O)O)C2. The summed E-state index contributed by atoms with van der Waals surface area (Å²) in [6, 6.07) is 2.99. The zero-order valence-electron chi connectivity index (χ0n) is 11.1. The number of nitrogens with zero attached hydrogens (tertiary/aromatic N) is 2. The molecule has 0 spiro atoms. The number of aromatic nitrogens is 1. The minimum absolute atomic E-state index is 0.269. The first-order chi connectivity index (χ1) is 9.06. The molecular weight excluding hydrogens is 264 g/mol. The molecule has 19 heavy (non-hydrogen) atoms. The molecule has 0 amide bonds. The van der Waals surface area contributed by atoms with Crippen LogP contribution in [-0.2, 0) is 0 Å². The molecule has 2 atom stereocenters. The van der Waals surface area contributed by atoms with Gasteiger partial charge in [-0.3, -0.25) is 0 Å². The molecule has 0 aliphatic carbocycles. The van der Waals surface area contributed by atoms with E-state index in [2.05, 4.69) is 11.9 Å². The first kappa shape index (κ1) is 13.0. The number of hydrogen-bond acceptors (Lipinski definition) is 2. The minimum atomic E-state index is -0.893. The van der Waals surface area contributed by atoms with Crippen LogP contribution in [0, 0.1) is 0 Å². The van der Waals surface area contributed by atoms with Gasteiger partial charge in [0.25, 0.3) is 0 Å². The number of aromatic carboxylic acids is 1. The van der Waals surface area contributed by atoms with E-state index < -0.39 is 5.97 Å². The molecule has 3 rings (SSSR count). The first-order valence-corrected chi connectivity index (χ1v) is 7.26. The monoisotopic (exact) mass is 282 g/mol. The van der Waals surface area contributed by atoms with Gasteiger partial charge in [0.05, 0.1) is 5.02 Å². The van der Waals surface area contributed by atoms with E-state index in [1.54, 1.807) is 12.3 Å². The molecule has 2 aliphatic rings. The van der Waals surface area contributed by atoms with Crippen LogP contribution in [0.4, 0.5) is 0 Å². The number of carboxylic acids is 1. The summed E-state index contributed by atoms with van der Waals surface area (Å²) in [5, 5.41) is 9.79. The van der Waals surface area contributed by atoms with Gasteiger partial charge in [-0.05, 0) is 38.8 Å². The molecule has 2 saturated heterocycles. The van der Waals surface area contributed by atoms with Gasteiger partial charge in [0, 0.05) is 24.3 Å². The Labute approximate surface area is 118 Å². The highest BCUT2D eigenvalue weighted by Crippen LogP contribution is 2.39. The third-order valence-corrected chi connectivity index (χ3v) is 4.95. The summed E-state index contributed by atoms with van der Waals surface area (Å²) in [5.74, 6) is -0.893. The van der Waals surface area contributed by atoms with E-state index in [1.807, 2.05) is 4.57 Å². The van der Waals surface area contributed by atoms with Gasteiger partial charge in [0.1, 0.15) is 5.69 Å². The molecule has 2 bridgehead atoms. The van der Waals surface area contributed by atoms with Gasteiger partial charge in [0.2, 0.25) is 0 Å². The summed E-state index contributed by atoms with van der Waals surface area (Å²) >= 11 is 5.98. The van der Waals surface area contributed by atoms with E-state index in [0.717, 1.165) is 12.8 Å². The molecule has 0 aromatic carbocycles. The molecule has 2 aliphatic heterocycles. The van der Waals surface area contributed by atoms with E-state index in [0.29, 0.717) is 22.8 Å². The smallest absolute Gasteiger partial charge is 0.352 e. The summed E-state index contributed by atoms with van der Waals surface area (Å²) < 4.78 is 1.88. The van der Waals surface area contributed by atoms with Crippen LogP contribution in [0.25, 0.3) is 0 Å². The van der Waals surface area contributed by atoms with Crippen LogP contribution in [0.2, 0.25) is 5.02 Å². The normalized spacial score (nSPS) is 31.4. The summed E-state index contributed by atoms with van der Waals surface area (Å²) in [5.41, 5.74) is 0.317. The number of halogens is 1. The second-order valence-corrected chi connectivity index (χ2v) is 6.22. The predicted molar refractivity (Wildman–Crippen MR) is 73.9 cm³/mol. The second kappa shape index (κ2) is 4.84. The zero-order valence-corrected chi connectivity index (χ0v) is 11.8. The lowest BCUT2D eigenvalue weighted by molar-refractivity contribution is 0.0380. The number of fused-ring (bicyclic) bond motifs is 2. The average molecular weight is 283 g/mol. The van der Waals surface area contributed by atoms with Crippen LogP contribution >= 0.6 is 11.6 Å². The number of rotatable bonds is 2. The second-order valence-electron chi connectivity index (χ2n) is 5.79. The maximum absolute atomic E-state index is 11.3. The molecule has 1 aromatic rings. The van der Waals surface area contributed by atoms with Crippen molar-refractivity contribution in [2.75, 3.05) is 7.05 Å². The van der Waals surface area contributed by atoms with Crippen LogP contribution in [-0.4, -0.2) is 39.7 Å². The molecule has 2 unspecified atom stereocenters. The highest BCUT2D eigenvalue weighted by Gasteiger charge is 2.37. The number of piperidine rings is 2. The standard InChI is InChI=1S/C14H19ClN2O2/c1-16-10-3-2-4-11(16)7-12(6-10)17-8-9(15)5-13(17)14(18)19/h5,8,10-12H,2-4,6-7H2,1H3,(H,18,19). The van der Waals surface area contributed by atoms with Gasteiger partial charge < -0.3 is 14.6 Å². The Balaban J connectivity index is 1.89. The fourth-order valence-corrected chi connectivity index (χ4v) is 3.94. The highest BCUT2D eigenvalue weighted by atomic mass is 35.5. The van der Waals surface area contributed by atoms with Gasteiger partial charge in [0.15, 0.2) is 0 Å². The van der Waals surface area contributed by atoms with Gasteiger partial charge in [-0.15, -0.1) is 0 Å². The summed E-state index contributed by atoms with van der Waals surface area (Å²) in [6.07, 6.45) is 7.57. The molecule has 1 aromatic heterocycles. The molecule has 5 heteroatoms. The number of carbonyl (C=O) groups is 1. The lowest BCUT2D eigenvalue weighted by atomic mass is 9.82. The van der Waals surface area contributed by atoms with Crippen molar-refractivity contribution in [3.8, 4) is 0 Å². The van der Waals surface area contributed by atoms with Gasteiger partial charge in [-0.1, -0.05) is 18.0 Å². The van der Waals surface area contributed by atoms with Crippen LogP contribution in [0.1, 0.15) is 48.6 Å². The fourth-order valence-electron chi connectivity index (χ4n) is 3.73. The maximum atomic E-state index is 11.3. The molecule has 4 nitrogen and oxygen atoms in total. The third kappa shape index (κ3) is 2.28. The van der Waals surface area contributed by atoms with Gasteiger partial charge in [-0.2, -0.15) is 0 Å². The van der Waals surface area contributed by atoms with Crippen LogP contribution in [0.15, 0.2) is 12.3 Å². The molecule has 0 radical (unpaired) electrons. The van der Waals surface area contributed by atoms with Crippen molar-refractivity contribution >= 4 is 17.6 Å². The quantitative estimate of drug-likeness (QED) is 0.907. The minimum Gasteiger partial charge on any atom is -0.477 e. The largest absolute Gasteiger partial charge is 0.477 e. The zero-order chi connectivity index (χ0) is 13.6. The lowest BCUT2D eigenvalue weighted by Crippen LogP contribution is -2.50. The topological polar surface area (TPSA) is 45.5 Å². The van der Waals surface area contributed by atoms with Crippen LogP contribution in [0.3, 0.4) is 0 Å². The van der Waals surface area contributed by atoms with E-state index in [4.69, 9.17) is 11.6 Å². The third-order valence-electron chi connectivity index (χ3n) is 4.74. The summed E-state index contributed by atoms with van der Waals surface area (Å²) in [4.78, 5) is 13.8. The average Bonchev–Trinajstić information content (AvgIpc) is 2.71. The Morgan fingerprint density at radius 3 is 2.53 bits per heavy atom. The molecule has 3 heterocycles. The van der Waals surface area contributed by atoms with Crippen LogP contribution in [0.5, 0.6) is 0 Å². The summed E-state index contributed by atoms with van der Waals surface area (Å²) in [7, 11) is 2.20. The van der Waals surface area contributed by atoms with Crippen molar-refractivity contribution in [3.63, 3.8) is 0 Å². The predicted octanol–water partition coefficient (Wildman–Crippen LogP) is 3.03. The maximum Gasteiger partial charge on any atom is 0.352 e. The molecule has 1 N–H and O–H groups in total. The Morgan fingerprint density at radius 2 is 1.95 bits per heavy atom. The van der Waals surface area contributed by atoms with E-state index >= 15 is 0 Å². The molecule has 104 valence electrons. The Bertz CT molecular complexity index is 486. The van der Waals surface area contributed by atoms with Crippen molar-refractivity contribution in [2.24, 2.45) is 0 Å². The Hall–Kier alpha value is -1.00. The van der Waals surface area contributed by atoms with Crippen molar-refractivity contribution in [2.45, 2.75) is 50.2 Å². The van der Waals surface area contributed by atoms with Crippen LogP contribution < -0.4 is 0 Å². The number of hydrogen-bond donors (Lipinski definition) is 1. The molecular formula is C14H19ClN2O2. The molecule has 0 saturated carbocycles. The van der Waals surface area contributed by atoms with Crippen molar-refractivity contribution in [1.29, 1.82) is 0 Å². The summed E-state index contributed by atoms with van der Waals surface area (Å²) in [6.45, 7) is 0. The number of carboxylic acid groups (broad SMARTS) is 1. The Morgan fingerprint density at radius 1 is 1.32 bits per heavy atom. The van der Waals surface area contributed by atoms with E-state index in [9.17, 15) is 9.90 Å². The van der Waals surface area contributed by atoms with Gasteiger partial charge >= 0.3 is 5.97 Å². The van der Waals surface area contributed by atoms with Crippen molar-refractivity contribution in [1.82, 2.24) is 9.47 Å². The fraction of sp³-hybridized carbons (Fsp3) is 0.643.